The molecule has 0 aromatic heterocycles. The number of benzene rings is 3. The number of carbonyl (C=O) groups excluding carboxylic acids is 1. The molecule has 6 heteroatoms. The number of rotatable bonds is 23. The average Bonchev–Trinajstić information content (AvgIpc) is 3.04. The minimum atomic E-state index is -0.391. The highest BCUT2D eigenvalue weighted by Crippen LogP contribution is 2.24. The predicted octanol–water partition coefficient (Wildman–Crippen LogP) is 9.30. The van der Waals surface area contributed by atoms with E-state index < -0.39 is 5.97 Å². The summed E-state index contributed by atoms with van der Waals surface area (Å²) in [7, 11) is 0. The average molecular weight is 591 g/mol. The third kappa shape index (κ3) is 14.1. The Morgan fingerprint density at radius 3 is 1.56 bits per heavy atom. The van der Waals surface area contributed by atoms with Gasteiger partial charge < -0.3 is 23.7 Å². The van der Waals surface area contributed by atoms with Crippen molar-refractivity contribution in [2.75, 3.05) is 39.6 Å². The lowest BCUT2D eigenvalue weighted by Crippen LogP contribution is -2.10. The Bertz CT molecular complexity index is 1130. The molecule has 0 spiro atoms. The molecule has 3 aromatic carbocycles. The molecular weight excluding hydrogens is 540 g/mol. The number of hydrogen-bond acceptors (Lipinski definition) is 6. The fourth-order valence-electron chi connectivity index (χ4n) is 4.67. The highest BCUT2D eigenvalue weighted by atomic mass is 16.5. The van der Waals surface area contributed by atoms with Crippen LogP contribution in [0.2, 0.25) is 0 Å². The molecule has 0 radical (unpaired) electrons. The molecule has 0 unspecified atom stereocenters. The fourth-order valence-corrected chi connectivity index (χ4v) is 4.67. The van der Waals surface area contributed by atoms with Crippen LogP contribution in [0.3, 0.4) is 0 Å². The highest BCUT2D eigenvalue weighted by molar-refractivity contribution is 5.91. The monoisotopic (exact) mass is 590 g/mol. The summed E-state index contributed by atoms with van der Waals surface area (Å²) < 4.78 is 27.9. The summed E-state index contributed by atoms with van der Waals surface area (Å²) in [5, 5.41) is 0. The number of esters is 1. The van der Waals surface area contributed by atoms with Gasteiger partial charge in [-0.1, -0.05) is 89.0 Å². The quantitative estimate of drug-likeness (QED) is 0.0623. The van der Waals surface area contributed by atoms with Crippen LogP contribution in [0, 0.1) is 0 Å². The summed E-state index contributed by atoms with van der Waals surface area (Å²) in [5.74, 6) is 1.68. The first-order chi connectivity index (χ1) is 21.2. The third-order valence-corrected chi connectivity index (χ3v) is 7.18. The molecule has 0 saturated heterocycles. The van der Waals surface area contributed by atoms with E-state index in [1.807, 2.05) is 55.5 Å². The van der Waals surface area contributed by atoms with E-state index in [1.165, 1.54) is 57.8 Å². The van der Waals surface area contributed by atoms with Crippen molar-refractivity contribution < 1.29 is 28.5 Å². The lowest BCUT2D eigenvalue weighted by molar-refractivity contribution is 0.0405. The Morgan fingerprint density at radius 1 is 0.488 bits per heavy atom. The molecule has 234 valence electrons. The van der Waals surface area contributed by atoms with Crippen LogP contribution in [0.5, 0.6) is 17.2 Å². The first-order valence-corrected chi connectivity index (χ1v) is 16.1. The van der Waals surface area contributed by atoms with Gasteiger partial charge in [0, 0.05) is 6.61 Å². The van der Waals surface area contributed by atoms with Crippen LogP contribution in [0.15, 0.2) is 72.8 Å². The normalized spacial score (nSPS) is 10.9. The van der Waals surface area contributed by atoms with Crippen molar-refractivity contribution >= 4 is 5.97 Å². The molecule has 43 heavy (non-hydrogen) atoms. The zero-order chi connectivity index (χ0) is 30.4. The van der Waals surface area contributed by atoms with Gasteiger partial charge >= 0.3 is 5.97 Å². The number of carbonyl (C=O) groups is 1. The van der Waals surface area contributed by atoms with Crippen LogP contribution in [0.1, 0.15) is 88.4 Å². The number of ether oxygens (including phenoxy) is 5. The Morgan fingerprint density at radius 2 is 0.953 bits per heavy atom. The van der Waals surface area contributed by atoms with Crippen LogP contribution < -0.4 is 14.2 Å². The largest absolute Gasteiger partial charge is 0.494 e. The predicted molar refractivity (Wildman–Crippen MR) is 173 cm³/mol. The zero-order valence-electron chi connectivity index (χ0n) is 26.2. The van der Waals surface area contributed by atoms with E-state index >= 15 is 0 Å². The molecule has 3 rings (SSSR count). The second-order valence-corrected chi connectivity index (χ2v) is 10.7. The topological polar surface area (TPSA) is 63.2 Å². The molecular formula is C37H50O6. The smallest absolute Gasteiger partial charge is 0.343 e. The number of unbranched alkanes of at least 4 members (excludes halogenated alkanes) is 9. The molecule has 0 saturated carbocycles. The van der Waals surface area contributed by atoms with Crippen LogP contribution in [0.25, 0.3) is 11.1 Å². The van der Waals surface area contributed by atoms with Gasteiger partial charge in [-0.15, -0.1) is 0 Å². The summed E-state index contributed by atoms with van der Waals surface area (Å²) in [6.07, 6.45) is 13.0. The molecule has 0 aliphatic carbocycles. The van der Waals surface area contributed by atoms with E-state index in [0.29, 0.717) is 51.0 Å². The Labute approximate surface area is 258 Å². The molecule has 0 bridgehead atoms. The van der Waals surface area contributed by atoms with Gasteiger partial charge in [-0.2, -0.15) is 0 Å². The molecule has 3 aromatic rings. The second kappa shape index (κ2) is 21.4. The van der Waals surface area contributed by atoms with Crippen molar-refractivity contribution in [3.8, 4) is 28.4 Å². The fraction of sp³-hybridized carbons (Fsp3) is 0.486. The molecule has 0 heterocycles. The van der Waals surface area contributed by atoms with E-state index in [1.54, 1.807) is 24.3 Å². The van der Waals surface area contributed by atoms with E-state index in [0.717, 1.165) is 29.0 Å². The van der Waals surface area contributed by atoms with Gasteiger partial charge in [0.25, 0.3) is 0 Å². The van der Waals surface area contributed by atoms with Gasteiger partial charge in [-0.25, -0.2) is 4.79 Å². The summed E-state index contributed by atoms with van der Waals surface area (Å²) in [6.45, 7) is 7.80. The van der Waals surface area contributed by atoms with Crippen molar-refractivity contribution in [2.45, 2.75) is 78.1 Å². The maximum atomic E-state index is 12.7. The standard InChI is InChI=1S/C37H50O6/c1-3-5-6-7-8-9-10-11-12-13-26-41-35-22-24-36(25-23-35)43-37(38)33-16-14-31(15-17-33)32-18-20-34(21-19-32)42-30-29-40-28-27-39-4-2/h14-25H,3-13,26-30H2,1-2H3. The van der Waals surface area contributed by atoms with Crippen molar-refractivity contribution in [1.82, 2.24) is 0 Å². The van der Waals surface area contributed by atoms with Crippen molar-refractivity contribution in [2.24, 2.45) is 0 Å². The summed E-state index contributed by atoms with van der Waals surface area (Å²) >= 11 is 0. The highest BCUT2D eigenvalue weighted by Gasteiger charge is 2.10. The molecule has 0 atom stereocenters. The molecule has 0 amide bonds. The number of hydrogen-bond donors (Lipinski definition) is 0. The van der Waals surface area contributed by atoms with Gasteiger partial charge in [0.15, 0.2) is 0 Å². The third-order valence-electron chi connectivity index (χ3n) is 7.18. The Kier molecular flexibility index (Phi) is 17.0. The van der Waals surface area contributed by atoms with E-state index in [9.17, 15) is 4.79 Å². The van der Waals surface area contributed by atoms with Gasteiger partial charge in [0.05, 0.1) is 32.0 Å². The lowest BCUT2D eigenvalue weighted by Gasteiger charge is -2.09. The molecule has 0 N–H and O–H groups in total. The van der Waals surface area contributed by atoms with E-state index in [-0.39, 0.29) is 0 Å². The minimum Gasteiger partial charge on any atom is -0.494 e. The molecule has 6 nitrogen and oxygen atoms in total. The summed E-state index contributed by atoms with van der Waals surface area (Å²) in [6, 6.07) is 22.5. The minimum absolute atomic E-state index is 0.391. The second-order valence-electron chi connectivity index (χ2n) is 10.7. The first kappa shape index (κ1) is 34.1. The van der Waals surface area contributed by atoms with Gasteiger partial charge in [0.2, 0.25) is 0 Å². The van der Waals surface area contributed by atoms with Gasteiger partial charge in [-0.05, 0) is 73.0 Å². The van der Waals surface area contributed by atoms with Crippen LogP contribution >= 0.6 is 0 Å². The van der Waals surface area contributed by atoms with Gasteiger partial charge in [-0.3, -0.25) is 0 Å². The molecule has 0 aliphatic rings. The molecule has 0 fully saturated rings. The van der Waals surface area contributed by atoms with Crippen LogP contribution in [-0.2, 0) is 9.47 Å². The van der Waals surface area contributed by atoms with Crippen LogP contribution in [-0.4, -0.2) is 45.6 Å². The maximum Gasteiger partial charge on any atom is 0.343 e. The van der Waals surface area contributed by atoms with E-state index in [2.05, 4.69) is 6.92 Å². The van der Waals surface area contributed by atoms with Crippen molar-refractivity contribution in [3.63, 3.8) is 0 Å². The van der Waals surface area contributed by atoms with Crippen molar-refractivity contribution in [1.29, 1.82) is 0 Å². The SMILES string of the molecule is CCCCCCCCCCCCOc1ccc(OC(=O)c2ccc(-c3ccc(OCCOCCOCC)cc3)cc2)cc1. The Balaban J connectivity index is 1.32. The Hall–Kier alpha value is -3.35. The van der Waals surface area contributed by atoms with Gasteiger partial charge in [0.1, 0.15) is 23.9 Å². The van der Waals surface area contributed by atoms with E-state index in [4.69, 9.17) is 23.7 Å². The molecule has 0 aliphatic heterocycles. The first-order valence-electron chi connectivity index (χ1n) is 16.1. The van der Waals surface area contributed by atoms with Crippen molar-refractivity contribution in [3.05, 3.63) is 78.4 Å². The zero-order valence-corrected chi connectivity index (χ0v) is 26.2. The summed E-state index contributed by atoms with van der Waals surface area (Å²) in [5.41, 5.74) is 2.54. The lowest BCUT2D eigenvalue weighted by atomic mass is 10.0. The summed E-state index contributed by atoms with van der Waals surface area (Å²) in [4.78, 5) is 12.7. The van der Waals surface area contributed by atoms with Crippen LogP contribution in [0.4, 0.5) is 0 Å². The maximum absolute atomic E-state index is 12.7.